The minimum Gasteiger partial charge on any atom is -0.480 e. The number of carbonyl (C=O) groups excluding carboxylic acids is 2. The molecule has 0 spiro atoms. The average molecular weight is 271 g/mol. The molecule has 0 aliphatic heterocycles. The molecule has 0 radical (unpaired) electrons. The average Bonchev–Trinajstić information content (AvgIpc) is 3.10. The number of nitrogens with one attached hydrogen (secondary N) is 1. The van der Waals surface area contributed by atoms with Gasteiger partial charge in [0.15, 0.2) is 0 Å². The number of primary amides is 1. The van der Waals surface area contributed by atoms with Crippen molar-refractivity contribution in [2.75, 3.05) is 19.6 Å². The van der Waals surface area contributed by atoms with Gasteiger partial charge in [-0.2, -0.15) is 0 Å². The third-order valence-electron chi connectivity index (χ3n) is 2.92. The quantitative estimate of drug-likeness (QED) is 0.518. The number of nitrogens with two attached hydrogens (primary N) is 1. The molecule has 0 aromatic carbocycles. The Labute approximate surface area is 112 Å². The lowest BCUT2D eigenvalue weighted by Crippen LogP contribution is -2.44. The molecule has 1 aliphatic carbocycles. The van der Waals surface area contributed by atoms with Crippen LogP contribution in [-0.4, -0.2) is 47.5 Å². The highest BCUT2D eigenvalue weighted by atomic mass is 16.4. The molecule has 1 rings (SSSR count). The number of carboxylic acid groups (broad SMARTS) is 1. The van der Waals surface area contributed by atoms with Crippen LogP contribution < -0.4 is 11.1 Å². The molecular weight excluding hydrogens is 250 g/mol. The standard InChI is InChI=1S/C12H21N3O4/c13-10(16)3-1-2-6-14-12(19)15(8-11(17)18)7-9-4-5-9/h9H,1-8H2,(H2,13,16)(H,14,19)(H,17,18). The summed E-state index contributed by atoms with van der Waals surface area (Å²) in [6, 6.07) is -0.353. The summed E-state index contributed by atoms with van der Waals surface area (Å²) >= 11 is 0. The second-order valence-corrected chi connectivity index (χ2v) is 4.87. The number of amides is 3. The van der Waals surface area contributed by atoms with Crippen LogP contribution in [0.25, 0.3) is 0 Å². The van der Waals surface area contributed by atoms with Gasteiger partial charge in [-0.15, -0.1) is 0 Å². The van der Waals surface area contributed by atoms with Crippen LogP contribution >= 0.6 is 0 Å². The first-order valence-electron chi connectivity index (χ1n) is 6.52. The largest absolute Gasteiger partial charge is 0.480 e. The number of hydrogen-bond acceptors (Lipinski definition) is 3. The lowest BCUT2D eigenvalue weighted by molar-refractivity contribution is -0.137. The highest BCUT2D eigenvalue weighted by molar-refractivity contribution is 5.80. The van der Waals surface area contributed by atoms with E-state index >= 15 is 0 Å². The third-order valence-corrected chi connectivity index (χ3v) is 2.92. The molecule has 108 valence electrons. The Balaban J connectivity index is 2.22. The van der Waals surface area contributed by atoms with Crippen molar-refractivity contribution < 1.29 is 19.5 Å². The van der Waals surface area contributed by atoms with E-state index in [0.717, 1.165) is 12.8 Å². The van der Waals surface area contributed by atoms with E-state index in [1.807, 2.05) is 0 Å². The van der Waals surface area contributed by atoms with Crippen LogP contribution in [0.3, 0.4) is 0 Å². The number of nitrogens with zero attached hydrogens (tertiary/aromatic N) is 1. The zero-order valence-corrected chi connectivity index (χ0v) is 10.9. The Morgan fingerprint density at radius 3 is 2.47 bits per heavy atom. The third kappa shape index (κ3) is 7.28. The predicted molar refractivity (Wildman–Crippen MR) is 68.4 cm³/mol. The SMILES string of the molecule is NC(=O)CCCCNC(=O)N(CC(=O)O)CC1CC1. The molecule has 0 aromatic heterocycles. The van der Waals surface area contributed by atoms with Gasteiger partial charge in [0.1, 0.15) is 6.54 Å². The first-order chi connectivity index (χ1) is 8.99. The van der Waals surface area contributed by atoms with Crippen LogP contribution in [0.15, 0.2) is 0 Å². The molecule has 19 heavy (non-hydrogen) atoms. The van der Waals surface area contributed by atoms with Crippen molar-refractivity contribution in [2.24, 2.45) is 11.7 Å². The van der Waals surface area contributed by atoms with E-state index in [0.29, 0.717) is 38.3 Å². The maximum Gasteiger partial charge on any atom is 0.323 e. The smallest absolute Gasteiger partial charge is 0.323 e. The second kappa shape index (κ2) is 7.60. The van der Waals surface area contributed by atoms with Gasteiger partial charge in [-0.25, -0.2) is 4.79 Å². The number of unbranched alkanes of at least 4 members (excludes halogenated alkanes) is 1. The lowest BCUT2D eigenvalue weighted by atomic mass is 10.2. The van der Waals surface area contributed by atoms with Gasteiger partial charge in [-0.05, 0) is 31.6 Å². The van der Waals surface area contributed by atoms with Gasteiger partial charge in [0, 0.05) is 19.5 Å². The molecular formula is C12H21N3O4. The van der Waals surface area contributed by atoms with Crippen molar-refractivity contribution in [3.8, 4) is 0 Å². The summed E-state index contributed by atoms with van der Waals surface area (Å²) in [7, 11) is 0. The Hall–Kier alpha value is -1.79. The number of urea groups is 1. The maximum absolute atomic E-state index is 11.8. The highest BCUT2D eigenvalue weighted by Gasteiger charge is 2.27. The van der Waals surface area contributed by atoms with Crippen LogP contribution in [0.2, 0.25) is 0 Å². The Morgan fingerprint density at radius 1 is 1.26 bits per heavy atom. The highest BCUT2D eigenvalue weighted by Crippen LogP contribution is 2.29. The van der Waals surface area contributed by atoms with E-state index in [9.17, 15) is 14.4 Å². The first kappa shape index (κ1) is 15.3. The monoisotopic (exact) mass is 271 g/mol. The van der Waals surface area contributed by atoms with E-state index in [-0.39, 0.29) is 18.5 Å². The van der Waals surface area contributed by atoms with Crippen molar-refractivity contribution in [3.63, 3.8) is 0 Å². The van der Waals surface area contributed by atoms with E-state index in [4.69, 9.17) is 10.8 Å². The molecule has 0 aromatic rings. The molecule has 0 bridgehead atoms. The van der Waals surface area contributed by atoms with Gasteiger partial charge in [-0.1, -0.05) is 0 Å². The van der Waals surface area contributed by atoms with Gasteiger partial charge in [0.25, 0.3) is 0 Å². The summed E-state index contributed by atoms with van der Waals surface area (Å²) in [5.41, 5.74) is 5.00. The van der Waals surface area contributed by atoms with Gasteiger partial charge in [-0.3, -0.25) is 9.59 Å². The summed E-state index contributed by atoms with van der Waals surface area (Å²) in [6.07, 6.45) is 3.69. The summed E-state index contributed by atoms with van der Waals surface area (Å²) in [6.45, 7) is 0.649. The minimum absolute atomic E-state index is 0.274. The minimum atomic E-state index is -1.01. The van der Waals surface area contributed by atoms with Crippen molar-refractivity contribution in [1.29, 1.82) is 0 Å². The molecule has 7 heteroatoms. The summed E-state index contributed by atoms with van der Waals surface area (Å²) < 4.78 is 0. The first-order valence-corrected chi connectivity index (χ1v) is 6.52. The van der Waals surface area contributed by atoms with Gasteiger partial charge < -0.3 is 21.1 Å². The zero-order valence-electron chi connectivity index (χ0n) is 10.9. The number of carbonyl (C=O) groups is 3. The van der Waals surface area contributed by atoms with Crippen molar-refractivity contribution >= 4 is 17.9 Å². The Kier molecular flexibility index (Phi) is 6.11. The maximum atomic E-state index is 11.8. The van der Waals surface area contributed by atoms with E-state index in [2.05, 4.69) is 5.32 Å². The van der Waals surface area contributed by atoms with E-state index in [1.165, 1.54) is 4.90 Å². The zero-order chi connectivity index (χ0) is 14.3. The van der Waals surface area contributed by atoms with Crippen LogP contribution in [0, 0.1) is 5.92 Å². The lowest BCUT2D eigenvalue weighted by Gasteiger charge is -2.21. The number of rotatable bonds is 9. The summed E-state index contributed by atoms with van der Waals surface area (Å²) in [5.74, 6) is -0.919. The van der Waals surface area contributed by atoms with Crippen LogP contribution in [0.4, 0.5) is 4.79 Å². The molecule has 3 amide bonds. The van der Waals surface area contributed by atoms with Gasteiger partial charge in [0.05, 0.1) is 0 Å². The summed E-state index contributed by atoms with van der Waals surface area (Å²) in [5, 5.41) is 11.4. The van der Waals surface area contributed by atoms with E-state index in [1.54, 1.807) is 0 Å². The molecule has 4 N–H and O–H groups in total. The number of aliphatic carboxylic acids is 1. The van der Waals surface area contributed by atoms with Crippen molar-refractivity contribution in [2.45, 2.75) is 32.1 Å². The normalized spacial score (nSPS) is 13.9. The fraction of sp³-hybridized carbons (Fsp3) is 0.750. The number of carboxylic acids is 1. The molecule has 1 fully saturated rings. The van der Waals surface area contributed by atoms with Crippen LogP contribution in [0.5, 0.6) is 0 Å². The predicted octanol–water partition coefficient (Wildman–Crippen LogP) is 0.148. The Morgan fingerprint density at radius 2 is 1.95 bits per heavy atom. The van der Waals surface area contributed by atoms with Gasteiger partial charge in [0.2, 0.25) is 5.91 Å². The fourth-order valence-electron chi connectivity index (χ4n) is 1.73. The molecule has 0 atom stereocenters. The van der Waals surface area contributed by atoms with Crippen LogP contribution in [0.1, 0.15) is 32.1 Å². The second-order valence-electron chi connectivity index (χ2n) is 4.87. The molecule has 1 saturated carbocycles. The van der Waals surface area contributed by atoms with E-state index < -0.39 is 5.97 Å². The number of hydrogen-bond donors (Lipinski definition) is 3. The topological polar surface area (TPSA) is 113 Å². The summed E-state index contributed by atoms with van der Waals surface area (Å²) in [4.78, 5) is 34.3. The Bertz CT molecular complexity index is 342. The molecule has 0 heterocycles. The van der Waals surface area contributed by atoms with Crippen LogP contribution in [-0.2, 0) is 9.59 Å². The molecule has 0 unspecified atom stereocenters. The molecule has 0 saturated heterocycles. The van der Waals surface area contributed by atoms with Gasteiger partial charge >= 0.3 is 12.0 Å². The van der Waals surface area contributed by atoms with Crippen molar-refractivity contribution in [3.05, 3.63) is 0 Å². The van der Waals surface area contributed by atoms with Crippen molar-refractivity contribution in [1.82, 2.24) is 10.2 Å². The molecule has 1 aliphatic rings. The fourth-order valence-corrected chi connectivity index (χ4v) is 1.73. The molecule has 7 nitrogen and oxygen atoms in total.